The molecule has 8 nitrogen and oxygen atoms in total. The number of carbonyl (C=O) groups is 1. The number of carbonyl (C=O) groups excluding carboxylic acids is 1. The summed E-state index contributed by atoms with van der Waals surface area (Å²) in [6.07, 6.45) is 0. The Morgan fingerprint density at radius 3 is 2.44 bits per heavy atom. The van der Waals surface area contributed by atoms with Crippen molar-refractivity contribution in [1.82, 2.24) is 10.2 Å². The van der Waals surface area contributed by atoms with Crippen LogP contribution in [-0.2, 0) is 0 Å². The molecule has 2 aromatic carbocycles. The summed E-state index contributed by atoms with van der Waals surface area (Å²) in [7, 11) is 1.77. The van der Waals surface area contributed by atoms with Crippen molar-refractivity contribution in [2.45, 2.75) is 26.8 Å². The molecule has 168 valence electrons. The van der Waals surface area contributed by atoms with Gasteiger partial charge in [-0.15, -0.1) is 0 Å². The summed E-state index contributed by atoms with van der Waals surface area (Å²) < 4.78 is 11.2. The molecule has 0 bridgehead atoms. The molecule has 32 heavy (non-hydrogen) atoms. The standard InChI is InChI=1S/C23H25N3O5S/c1-5-30-18-13-16(12-17(26(28)29)22(18)31-6-2)20-19(14(3)25(4)23(32)24-20)21(27)15-10-8-7-9-11-15/h7-13,20H,5-6H2,1-4H3,(H,24,32). The summed E-state index contributed by atoms with van der Waals surface area (Å²) in [6.45, 7) is 5.87. The van der Waals surface area contributed by atoms with Crippen molar-refractivity contribution < 1.29 is 19.2 Å². The van der Waals surface area contributed by atoms with E-state index in [4.69, 9.17) is 21.7 Å². The van der Waals surface area contributed by atoms with Gasteiger partial charge in [-0.3, -0.25) is 14.9 Å². The number of ether oxygens (including phenoxy) is 2. The fraction of sp³-hybridized carbons (Fsp3) is 0.304. The minimum atomic E-state index is -0.694. The van der Waals surface area contributed by atoms with Gasteiger partial charge < -0.3 is 19.7 Å². The van der Waals surface area contributed by atoms with Crippen LogP contribution in [0.3, 0.4) is 0 Å². The lowest BCUT2D eigenvalue weighted by molar-refractivity contribution is -0.386. The second-order valence-electron chi connectivity index (χ2n) is 7.13. The maximum atomic E-state index is 13.5. The molecule has 0 saturated heterocycles. The van der Waals surface area contributed by atoms with Crippen LogP contribution in [0.15, 0.2) is 53.7 Å². The molecule has 0 spiro atoms. The molecule has 1 aliphatic heterocycles. The minimum Gasteiger partial charge on any atom is -0.490 e. The number of Topliss-reactive ketones (excluding diaryl/α,β-unsaturated/α-hetero) is 1. The van der Waals surface area contributed by atoms with Crippen molar-refractivity contribution >= 4 is 28.8 Å². The number of nitro groups is 1. The summed E-state index contributed by atoms with van der Waals surface area (Å²) in [4.78, 5) is 26.5. The molecule has 1 N–H and O–H groups in total. The van der Waals surface area contributed by atoms with E-state index in [1.54, 1.807) is 56.1 Å². The number of hydrogen-bond donors (Lipinski definition) is 1. The van der Waals surface area contributed by atoms with Crippen LogP contribution >= 0.6 is 12.2 Å². The maximum absolute atomic E-state index is 13.5. The molecule has 0 saturated carbocycles. The second-order valence-corrected chi connectivity index (χ2v) is 7.51. The SMILES string of the molecule is CCOc1cc(C2NC(=S)N(C)C(C)=C2C(=O)c2ccccc2)cc([N+](=O)[O-])c1OCC. The van der Waals surface area contributed by atoms with Gasteiger partial charge in [-0.25, -0.2) is 0 Å². The molecular weight excluding hydrogens is 430 g/mol. The number of ketones is 1. The van der Waals surface area contributed by atoms with Gasteiger partial charge in [0.1, 0.15) is 0 Å². The number of thiocarbonyl (C=S) groups is 1. The van der Waals surface area contributed by atoms with Crippen molar-refractivity contribution in [2.75, 3.05) is 20.3 Å². The number of nitrogens with zero attached hydrogens (tertiary/aromatic N) is 2. The Morgan fingerprint density at radius 1 is 1.19 bits per heavy atom. The van der Waals surface area contributed by atoms with Gasteiger partial charge in [-0.05, 0) is 44.6 Å². The van der Waals surface area contributed by atoms with Crippen LogP contribution < -0.4 is 14.8 Å². The Labute approximate surface area is 192 Å². The molecule has 1 unspecified atom stereocenters. The average Bonchev–Trinajstić information content (AvgIpc) is 2.78. The number of nitro benzene ring substituents is 1. The maximum Gasteiger partial charge on any atom is 0.315 e. The van der Waals surface area contributed by atoms with Gasteiger partial charge in [0.15, 0.2) is 16.6 Å². The summed E-state index contributed by atoms with van der Waals surface area (Å²) in [5, 5.41) is 15.4. The van der Waals surface area contributed by atoms with Crippen molar-refractivity contribution in [3.05, 3.63) is 75.0 Å². The molecule has 0 fully saturated rings. The number of allylic oxidation sites excluding steroid dienone is 1. The van der Waals surface area contributed by atoms with Crippen LogP contribution in [0.2, 0.25) is 0 Å². The number of hydrogen-bond acceptors (Lipinski definition) is 6. The van der Waals surface area contributed by atoms with Crippen LogP contribution in [0, 0.1) is 10.1 Å². The van der Waals surface area contributed by atoms with Crippen molar-refractivity contribution in [1.29, 1.82) is 0 Å². The molecule has 1 atom stereocenters. The van der Waals surface area contributed by atoms with Gasteiger partial charge in [0.05, 0.1) is 24.2 Å². The minimum absolute atomic E-state index is 0.0650. The fourth-order valence-electron chi connectivity index (χ4n) is 3.59. The van der Waals surface area contributed by atoms with E-state index in [-0.39, 0.29) is 29.6 Å². The predicted molar refractivity (Wildman–Crippen MR) is 125 cm³/mol. The van der Waals surface area contributed by atoms with Gasteiger partial charge in [0.25, 0.3) is 0 Å². The van der Waals surface area contributed by atoms with Crippen LogP contribution in [-0.4, -0.2) is 41.0 Å². The zero-order valence-corrected chi connectivity index (χ0v) is 19.2. The van der Waals surface area contributed by atoms with Crippen LogP contribution in [0.4, 0.5) is 5.69 Å². The first-order valence-electron chi connectivity index (χ1n) is 10.2. The Bertz CT molecular complexity index is 1080. The number of benzene rings is 2. The van der Waals surface area contributed by atoms with Crippen LogP contribution in [0.25, 0.3) is 0 Å². The van der Waals surface area contributed by atoms with Crippen molar-refractivity contribution in [2.24, 2.45) is 0 Å². The van der Waals surface area contributed by atoms with E-state index in [0.29, 0.717) is 34.1 Å². The van der Waals surface area contributed by atoms with Crippen molar-refractivity contribution in [3.63, 3.8) is 0 Å². The van der Waals surface area contributed by atoms with E-state index in [2.05, 4.69) is 5.32 Å². The van der Waals surface area contributed by atoms with Gasteiger partial charge in [-0.1, -0.05) is 30.3 Å². The highest BCUT2D eigenvalue weighted by Crippen LogP contribution is 2.42. The normalized spacial score (nSPS) is 15.9. The van der Waals surface area contributed by atoms with Gasteiger partial charge in [-0.2, -0.15) is 0 Å². The summed E-state index contributed by atoms with van der Waals surface area (Å²) >= 11 is 5.45. The zero-order chi connectivity index (χ0) is 23.4. The Hall–Kier alpha value is -3.46. The number of nitrogens with one attached hydrogen (secondary N) is 1. The Balaban J connectivity index is 2.22. The Kier molecular flexibility index (Phi) is 7.09. The molecule has 0 aliphatic carbocycles. The number of rotatable bonds is 8. The lowest BCUT2D eigenvalue weighted by atomic mass is 9.89. The highest BCUT2D eigenvalue weighted by molar-refractivity contribution is 7.80. The molecule has 2 aromatic rings. The van der Waals surface area contributed by atoms with Crippen LogP contribution in [0.1, 0.15) is 42.7 Å². The first kappa shape index (κ1) is 23.2. The predicted octanol–water partition coefficient (Wildman–Crippen LogP) is 4.41. The first-order chi connectivity index (χ1) is 15.3. The molecule has 1 heterocycles. The Morgan fingerprint density at radius 2 is 1.84 bits per heavy atom. The lowest BCUT2D eigenvalue weighted by Gasteiger charge is -2.36. The summed E-state index contributed by atoms with van der Waals surface area (Å²) in [5.41, 5.74) is 1.89. The van der Waals surface area contributed by atoms with Crippen LogP contribution in [0.5, 0.6) is 11.5 Å². The third kappa shape index (κ3) is 4.43. The quantitative estimate of drug-likeness (QED) is 0.271. The van der Waals surface area contributed by atoms with Gasteiger partial charge >= 0.3 is 5.69 Å². The third-order valence-corrected chi connectivity index (χ3v) is 5.60. The zero-order valence-electron chi connectivity index (χ0n) is 18.4. The second kappa shape index (κ2) is 9.78. The van der Waals surface area contributed by atoms with Gasteiger partial charge in [0.2, 0.25) is 5.75 Å². The van der Waals surface area contributed by atoms with E-state index >= 15 is 0 Å². The van der Waals surface area contributed by atoms with E-state index in [1.807, 2.05) is 13.0 Å². The lowest BCUT2D eigenvalue weighted by Crippen LogP contribution is -2.45. The highest BCUT2D eigenvalue weighted by Gasteiger charge is 2.35. The summed E-state index contributed by atoms with van der Waals surface area (Å²) in [5.74, 6) is 0.119. The van der Waals surface area contributed by atoms with E-state index in [0.717, 1.165) is 0 Å². The summed E-state index contributed by atoms with van der Waals surface area (Å²) in [6, 6.07) is 11.3. The largest absolute Gasteiger partial charge is 0.490 e. The average molecular weight is 456 g/mol. The van der Waals surface area contributed by atoms with E-state index < -0.39 is 11.0 Å². The monoisotopic (exact) mass is 455 g/mol. The molecular formula is C23H25N3O5S. The topological polar surface area (TPSA) is 93.9 Å². The smallest absolute Gasteiger partial charge is 0.315 e. The van der Waals surface area contributed by atoms with E-state index in [1.165, 1.54) is 6.07 Å². The molecule has 9 heteroatoms. The van der Waals surface area contributed by atoms with Gasteiger partial charge in [0, 0.05) is 29.9 Å². The fourth-order valence-corrected chi connectivity index (χ4v) is 3.84. The molecule has 0 amide bonds. The molecule has 0 aromatic heterocycles. The first-order valence-corrected chi connectivity index (χ1v) is 10.6. The third-order valence-electron chi connectivity index (χ3n) is 5.21. The van der Waals surface area contributed by atoms with Crippen molar-refractivity contribution in [3.8, 4) is 11.5 Å². The highest BCUT2D eigenvalue weighted by atomic mass is 32.1. The molecule has 1 aliphatic rings. The molecule has 3 rings (SSSR count). The molecule has 0 radical (unpaired) electrons. The van der Waals surface area contributed by atoms with E-state index in [9.17, 15) is 14.9 Å².